The average Bonchev–Trinajstić information content (AvgIpc) is 2.96. The summed E-state index contributed by atoms with van der Waals surface area (Å²) in [7, 11) is -3.75. The van der Waals surface area contributed by atoms with Crippen LogP contribution in [0.4, 0.5) is 0 Å². The van der Waals surface area contributed by atoms with Crippen LogP contribution >= 0.6 is 0 Å². The molecule has 0 radical (unpaired) electrons. The first-order chi connectivity index (χ1) is 10.9. The predicted octanol–water partition coefficient (Wildman–Crippen LogP) is 2.22. The fraction of sp³-hybridized carbons (Fsp3) is 0.562. The summed E-state index contributed by atoms with van der Waals surface area (Å²) in [5, 5.41) is 8.93. The monoisotopic (exact) mass is 342 g/mol. The van der Waals surface area contributed by atoms with Crippen LogP contribution in [0.25, 0.3) is 0 Å². The third kappa shape index (κ3) is 5.30. The van der Waals surface area contributed by atoms with E-state index in [9.17, 15) is 13.2 Å². The maximum atomic E-state index is 11.9. The Bertz CT molecular complexity index is 622. The summed E-state index contributed by atoms with van der Waals surface area (Å²) < 4.78 is 34.2. The third-order valence-electron chi connectivity index (χ3n) is 4.02. The van der Waals surface area contributed by atoms with Gasteiger partial charge in [0.2, 0.25) is 0 Å². The Balaban J connectivity index is 1.67. The van der Waals surface area contributed by atoms with Gasteiger partial charge < -0.3 is 9.84 Å². The minimum absolute atomic E-state index is 0.0503. The van der Waals surface area contributed by atoms with Gasteiger partial charge in [0, 0.05) is 6.61 Å². The molecule has 23 heavy (non-hydrogen) atoms. The van der Waals surface area contributed by atoms with Crippen LogP contribution in [0, 0.1) is 18.8 Å². The molecule has 0 spiro atoms. The maximum absolute atomic E-state index is 11.9. The van der Waals surface area contributed by atoms with Crippen LogP contribution in [0.1, 0.15) is 24.8 Å². The SMILES string of the molecule is Cc1ccc(S(=O)(=O)OCCOCC2CCC(C(=O)O)C2)cc1. The summed E-state index contributed by atoms with van der Waals surface area (Å²) in [6.07, 6.45) is 2.14. The number of hydrogen-bond donors (Lipinski definition) is 1. The van der Waals surface area contributed by atoms with Crippen molar-refractivity contribution in [1.29, 1.82) is 0 Å². The molecule has 1 aromatic carbocycles. The first-order valence-electron chi connectivity index (χ1n) is 7.65. The molecule has 0 heterocycles. The van der Waals surface area contributed by atoms with Crippen LogP contribution in [0.5, 0.6) is 0 Å². The van der Waals surface area contributed by atoms with Crippen LogP contribution in [0.15, 0.2) is 29.2 Å². The van der Waals surface area contributed by atoms with Gasteiger partial charge in [0.15, 0.2) is 0 Å². The molecule has 128 valence electrons. The zero-order valence-corrected chi connectivity index (χ0v) is 13.9. The van der Waals surface area contributed by atoms with Crippen LogP contribution in [-0.4, -0.2) is 39.3 Å². The number of aryl methyl sites for hydroxylation is 1. The van der Waals surface area contributed by atoms with Gasteiger partial charge in [-0.15, -0.1) is 0 Å². The molecule has 1 fully saturated rings. The summed E-state index contributed by atoms with van der Waals surface area (Å²) in [6.45, 7) is 2.44. The zero-order valence-electron chi connectivity index (χ0n) is 13.1. The summed E-state index contributed by atoms with van der Waals surface area (Å²) in [4.78, 5) is 11.0. The van der Waals surface area contributed by atoms with Gasteiger partial charge in [0.05, 0.1) is 24.0 Å². The van der Waals surface area contributed by atoms with Crippen molar-refractivity contribution in [3.63, 3.8) is 0 Å². The number of ether oxygens (including phenoxy) is 1. The molecular formula is C16H22O6S. The highest BCUT2D eigenvalue weighted by Gasteiger charge is 2.29. The van der Waals surface area contributed by atoms with Crippen molar-refractivity contribution >= 4 is 16.1 Å². The van der Waals surface area contributed by atoms with Gasteiger partial charge in [-0.2, -0.15) is 8.42 Å². The molecule has 1 N–H and O–H groups in total. The summed E-state index contributed by atoms with van der Waals surface area (Å²) in [5.74, 6) is -0.799. The van der Waals surface area contributed by atoms with Crippen molar-refractivity contribution in [2.75, 3.05) is 19.8 Å². The highest BCUT2D eigenvalue weighted by Crippen LogP contribution is 2.31. The summed E-state index contributed by atoms with van der Waals surface area (Å²) in [5.41, 5.74) is 0.975. The van der Waals surface area contributed by atoms with Gasteiger partial charge in [-0.05, 0) is 44.2 Å². The van der Waals surface area contributed by atoms with E-state index in [0.29, 0.717) is 19.4 Å². The van der Waals surface area contributed by atoms with Gasteiger partial charge in [-0.1, -0.05) is 17.7 Å². The molecule has 1 saturated carbocycles. The lowest BCUT2D eigenvalue weighted by molar-refractivity contribution is -0.141. The van der Waals surface area contributed by atoms with E-state index in [2.05, 4.69) is 0 Å². The topological polar surface area (TPSA) is 89.9 Å². The van der Waals surface area contributed by atoms with E-state index < -0.39 is 16.1 Å². The van der Waals surface area contributed by atoms with Gasteiger partial charge in [0.1, 0.15) is 0 Å². The fourth-order valence-electron chi connectivity index (χ4n) is 2.68. The van der Waals surface area contributed by atoms with E-state index in [-0.39, 0.29) is 29.9 Å². The third-order valence-corrected chi connectivity index (χ3v) is 5.35. The maximum Gasteiger partial charge on any atom is 0.306 e. The van der Waals surface area contributed by atoms with Gasteiger partial charge in [-0.3, -0.25) is 8.98 Å². The minimum atomic E-state index is -3.75. The van der Waals surface area contributed by atoms with Crippen molar-refractivity contribution in [3.8, 4) is 0 Å². The van der Waals surface area contributed by atoms with Crippen molar-refractivity contribution in [3.05, 3.63) is 29.8 Å². The molecule has 2 unspecified atom stereocenters. The molecule has 6 nitrogen and oxygen atoms in total. The van der Waals surface area contributed by atoms with Crippen LogP contribution in [-0.2, 0) is 23.8 Å². The molecule has 0 amide bonds. The van der Waals surface area contributed by atoms with E-state index in [1.54, 1.807) is 12.1 Å². The number of carboxylic acids is 1. The molecule has 1 aliphatic carbocycles. The normalized spacial score (nSPS) is 21.4. The summed E-state index contributed by atoms with van der Waals surface area (Å²) in [6, 6.07) is 6.45. The second-order valence-electron chi connectivity index (χ2n) is 5.88. The molecule has 0 saturated heterocycles. The molecule has 0 bridgehead atoms. The summed E-state index contributed by atoms with van der Waals surface area (Å²) >= 11 is 0. The van der Waals surface area contributed by atoms with Crippen molar-refractivity contribution in [1.82, 2.24) is 0 Å². The Morgan fingerprint density at radius 2 is 1.91 bits per heavy atom. The molecular weight excluding hydrogens is 320 g/mol. The lowest BCUT2D eigenvalue weighted by Gasteiger charge is -2.11. The molecule has 1 aliphatic rings. The van der Waals surface area contributed by atoms with Crippen LogP contribution < -0.4 is 0 Å². The Labute approximate surface area is 136 Å². The highest BCUT2D eigenvalue weighted by atomic mass is 32.2. The second kappa shape index (κ2) is 7.90. The molecule has 2 rings (SSSR count). The molecule has 0 aromatic heterocycles. The fourth-order valence-corrected chi connectivity index (χ4v) is 3.57. The highest BCUT2D eigenvalue weighted by molar-refractivity contribution is 7.86. The number of hydrogen-bond acceptors (Lipinski definition) is 5. The molecule has 1 aromatic rings. The van der Waals surface area contributed by atoms with Gasteiger partial charge >= 0.3 is 5.97 Å². The van der Waals surface area contributed by atoms with E-state index >= 15 is 0 Å². The van der Waals surface area contributed by atoms with E-state index in [4.69, 9.17) is 14.0 Å². The van der Waals surface area contributed by atoms with Crippen molar-refractivity contribution < 1.29 is 27.2 Å². The minimum Gasteiger partial charge on any atom is -0.481 e. The molecule has 7 heteroatoms. The Morgan fingerprint density at radius 1 is 1.22 bits per heavy atom. The number of benzene rings is 1. The zero-order chi connectivity index (χ0) is 16.9. The van der Waals surface area contributed by atoms with Crippen LogP contribution in [0.3, 0.4) is 0 Å². The Kier molecular flexibility index (Phi) is 6.15. The Hall–Kier alpha value is -1.44. The molecule has 0 aliphatic heterocycles. The van der Waals surface area contributed by atoms with Crippen LogP contribution in [0.2, 0.25) is 0 Å². The number of rotatable bonds is 8. The lowest BCUT2D eigenvalue weighted by atomic mass is 10.1. The number of carbonyl (C=O) groups is 1. The Morgan fingerprint density at radius 3 is 2.52 bits per heavy atom. The number of carboxylic acid groups (broad SMARTS) is 1. The largest absolute Gasteiger partial charge is 0.481 e. The van der Waals surface area contributed by atoms with E-state index in [0.717, 1.165) is 12.0 Å². The smallest absolute Gasteiger partial charge is 0.306 e. The van der Waals surface area contributed by atoms with Crippen molar-refractivity contribution in [2.24, 2.45) is 11.8 Å². The van der Waals surface area contributed by atoms with E-state index in [1.807, 2.05) is 6.92 Å². The first-order valence-corrected chi connectivity index (χ1v) is 9.06. The van der Waals surface area contributed by atoms with Crippen molar-refractivity contribution in [2.45, 2.75) is 31.1 Å². The number of aliphatic carboxylic acids is 1. The van der Waals surface area contributed by atoms with Gasteiger partial charge in [0.25, 0.3) is 10.1 Å². The van der Waals surface area contributed by atoms with Gasteiger partial charge in [-0.25, -0.2) is 0 Å². The first kappa shape index (κ1) is 17.9. The predicted molar refractivity (Wildman–Crippen MR) is 83.6 cm³/mol. The quantitative estimate of drug-likeness (QED) is 0.575. The average molecular weight is 342 g/mol. The second-order valence-corrected chi connectivity index (χ2v) is 7.49. The standard InChI is InChI=1S/C16H22O6S/c1-12-2-6-15(7-3-12)23(19,20)22-9-8-21-11-13-4-5-14(10-13)16(17)18/h2-3,6-7,13-14H,4-5,8-11H2,1H3,(H,17,18). The van der Waals surface area contributed by atoms with E-state index in [1.165, 1.54) is 12.1 Å². The molecule has 2 atom stereocenters. The lowest BCUT2D eigenvalue weighted by Crippen LogP contribution is -2.15.